The first kappa shape index (κ1) is 15.1. The zero-order chi connectivity index (χ0) is 16.7. The molecule has 1 amide bonds. The maximum Gasteiger partial charge on any atom is 0.251 e. The molecule has 2 aliphatic heterocycles. The van der Waals surface area contributed by atoms with Crippen LogP contribution in [-0.4, -0.2) is 41.0 Å². The summed E-state index contributed by atoms with van der Waals surface area (Å²) < 4.78 is 0. The van der Waals surface area contributed by atoms with Gasteiger partial charge in [-0.3, -0.25) is 4.79 Å². The Bertz CT molecular complexity index is 802. The minimum absolute atomic E-state index is 0.0214. The predicted octanol–water partition coefficient (Wildman–Crippen LogP) is 1.58. The first-order valence-corrected chi connectivity index (χ1v) is 8.27. The molecular weight excluding hydrogens is 302 g/mol. The Morgan fingerprint density at radius 3 is 2.88 bits per heavy atom. The lowest BCUT2D eigenvalue weighted by Gasteiger charge is -2.39. The minimum atomic E-state index is -0.0214. The van der Waals surface area contributed by atoms with Crippen molar-refractivity contribution in [2.45, 2.75) is 25.9 Å². The summed E-state index contributed by atoms with van der Waals surface area (Å²) in [4.78, 5) is 23.4. The molecule has 2 aliphatic rings. The summed E-state index contributed by atoms with van der Waals surface area (Å²) in [6.45, 7) is 7.69. The Hall–Kier alpha value is -2.47. The van der Waals surface area contributed by atoms with Gasteiger partial charge in [-0.1, -0.05) is 12.1 Å². The van der Waals surface area contributed by atoms with E-state index in [2.05, 4.69) is 34.4 Å². The monoisotopic (exact) mass is 323 g/mol. The number of anilines is 1. The SMILES string of the molecule is CC1(C)CN(c2ccnc(-c3cccc4c3CNC4=O)n2)CCN1. The van der Waals surface area contributed by atoms with Crippen molar-refractivity contribution in [2.24, 2.45) is 0 Å². The van der Waals surface area contributed by atoms with Crippen LogP contribution in [-0.2, 0) is 6.54 Å². The van der Waals surface area contributed by atoms with E-state index in [1.165, 1.54) is 0 Å². The summed E-state index contributed by atoms with van der Waals surface area (Å²) >= 11 is 0. The fourth-order valence-corrected chi connectivity index (χ4v) is 3.46. The number of carbonyl (C=O) groups excluding carboxylic acids is 1. The highest BCUT2D eigenvalue weighted by atomic mass is 16.1. The van der Waals surface area contributed by atoms with Crippen LogP contribution in [0.25, 0.3) is 11.4 Å². The maximum atomic E-state index is 11.9. The zero-order valence-corrected chi connectivity index (χ0v) is 14.0. The Morgan fingerprint density at radius 2 is 2.04 bits per heavy atom. The zero-order valence-electron chi connectivity index (χ0n) is 14.0. The van der Waals surface area contributed by atoms with Crippen molar-refractivity contribution in [3.05, 3.63) is 41.6 Å². The van der Waals surface area contributed by atoms with Crippen molar-refractivity contribution in [1.29, 1.82) is 0 Å². The summed E-state index contributed by atoms with van der Waals surface area (Å²) in [5.41, 5.74) is 2.71. The predicted molar refractivity (Wildman–Crippen MR) is 92.9 cm³/mol. The molecule has 2 N–H and O–H groups in total. The van der Waals surface area contributed by atoms with Crippen LogP contribution in [0.15, 0.2) is 30.5 Å². The van der Waals surface area contributed by atoms with E-state index in [4.69, 9.17) is 4.98 Å². The van der Waals surface area contributed by atoms with Crippen molar-refractivity contribution in [2.75, 3.05) is 24.5 Å². The molecule has 1 aromatic carbocycles. The van der Waals surface area contributed by atoms with Crippen molar-refractivity contribution in [3.63, 3.8) is 0 Å². The van der Waals surface area contributed by atoms with E-state index in [1.807, 2.05) is 24.3 Å². The van der Waals surface area contributed by atoms with Gasteiger partial charge in [-0.15, -0.1) is 0 Å². The molecule has 2 aromatic rings. The minimum Gasteiger partial charge on any atom is -0.353 e. The molecule has 4 rings (SSSR count). The van der Waals surface area contributed by atoms with Gasteiger partial charge in [0.2, 0.25) is 0 Å². The van der Waals surface area contributed by atoms with E-state index in [0.29, 0.717) is 12.4 Å². The molecule has 24 heavy (non-hydrogen) atoms. The summed E-state index contributed by atoms with van der Waals surface area (Å²) in [6.07, 6.45) is 1.80. The molecule has 124 valence electrons. The van der Waals surface area contributed by atoms with Gasteiger partial charge >= 0.3 is 0 Å². The molecule has 6 nitrogen and oxygen atoms in total. The number of nitrogens with one attached hydrogen (secondary N) is 2. The number of carbonyl (C=O) groups is 1. The molecule has 0 atom stereocenters. The van der Waals surface area contributed by atoms with Crippen LogP contribution in [0.5, 0.6) is 0 Å². The molecule has 0 unspecified atom stereocenters. The molecule has 1 saturated heterocycles. The fourth-order valence-electron chi connectivity index (χ4n) is 3.46. The first-order valence-electron chi connectivity index (χ1n) is 8.27. The lowest BCUT2D eigenvalue weighted by Crippen LogP contribution is -2.57. The topological polar surface area (TPSA) is 70.2 Å². The number of nitrogens with zero attached hydrogens (tertiary/aromatic N) is 3. The smallest absolute Gasteiger partial charge is 0.251 e. The molecule has 0 aliphatic carbocycles. The van der Waals surface area contributed by atoms with Crippen LogP contribution < -0.4 is 15.5 Å². The second kappa shape index (κ2) is 5.56. The molecule has 0 radical (unpaired) electrons. The molecule has 3 heterocycles. The quantitative estimate of drug-likeness (QED) is 0.878. The van der Waals surface area contributed by atoms with Crippen molar-refractivity contribution < 1.29 is 4.79 Å². The van der Waals surface area contributed by atoms with Crippen LogP contribution in [0.2, 0.25) is 0 Å². The van der Waals surface area contributed by atoms with Crippen molar-refractivity contribution in [1.82, 2.24) is 20.6 Å². The Kier molecular flexibility index (Phi) is 3.49. The normalized spacial score (nSPS) is 19.1. The van der Waals surface area contributed by atoms with Gasteiger partial charge in [0.1, 0.15) is 5.82 Å². The highest BCUT2D eigenvalue weighted by Crippen LogP contribution is 2.28. The average Bonchev–Trinajstić information content (AvgIpc) is 2.96. The number of hydrogen-bond donors (Lipinski definition) is 2. The summed E-state index contributed by atoms with van der Waals surface area (Å²) in [7, 11) is 0. The number of rotatable bonds is 2. The Labute approximate surface area is 141 Å². The number of piperazine rings is 1. The standard InChI is InChI=1S/C18H21N5O/c1-18(2)11-23(9-8-21-18)15-6-7-19-16(22-15)12-4-3-5-13-14(12)10-20-17(13)24/h3-7,21H,8-11H2,1-2H3,(H,20,24). The molecule has 0 bridgehead atoms. The third-order valence-corrected chi connectivity index (χ3v) is 4.62. The van der Waals surface area contributed by atoms with E-state index in [1.54, 1.807) is 6.20 Å². The van der Waals surface area contributed by atoms with Crippen LogP contribution >= 0.6 is 0 Å². The van der Waals surface area contributed by atoms with Gasteiger partial charge in [-0.2, -0.15) is 0 Å². The first-order chi connectivity index (χ1) is 11.5. The second-order valence-corrected chi connectivity index (χ2v) is 6.99. The summed E-state index contributed by atoms with van der Waals surface area (Å²) in [6, 6.07) is 7.68. The van der Waals surface area contributed by atoms with Crippen molar-refractivity contribution in [3.8, 4) is 11.4 Å². The van der Waals surface area contributed by atoms with Crippen LogP contribution in [0.3, 0.4) is 0 Å². The molecule has 0 spiro atoms. The van der Waals surface area contributed by atoms with E-state index in [9.17, 15) is 4.79 Å². The van der Waals surface area contributed by atoms with Crippen LogP contribution in [0, 0.1) is 0 Å². The van der Waals surface area contributed by atoms with Gasteiger partial charge in [0, 0.05) is 49.0 Å². The molecule has 1 aromatic heterocycles. The van der Waals surface area contributed by atoms with Gasteiger partial charge in [-0.05, 0) is 31.5 Å². The van der Waals surface area contributed by atoms with E-state index >= 15 is 0 Å². The van der Waals surface area contributed by atoms with Crippen LogP contribution in [0.4, 0.5) is 5.82 Å². The number of aromatic nitrogens is 2. The van der Waals surface area contributed by atoms with E-state index in [-0.39, 0.29) is 11.4 Å². The second-order valence-electron chi connectivity index (χ2n) is 6.99. The average molecular weight is 323 g/mol. The van der Waals surface area contributed by atoms with Gasteiger partial charge in [-0.25, -0.2) is 9.97 Å². The molecular formula is C18H21N5O. The van der Waals surface area contributed by atoms with Gasteiger partial charge < -0.3 is 15.5 Å². The van der Waals surface area contributed by atoms with E-state index in [0.717, 1.165) is 42.1 Å². The number of fused-ring (bicyclic) bond motifs is 1. The lowest BCUT2D eigenvalue weighted by molar-refractivity contribution is 0.0966. The molecule has 0 saturated carbocycles. The Balaban J connectivity index is 1.71. The van der Waals surface area contributed by atoms with Gasteiger partial charge in [0.05, 0.1) is 0 Å². The van der Waals surface area contributed by atoms with Gasteiger partial charge in [0.15, 0.2) is 5.82 Å². The highest BCUT2D eigenvalue weighted by Gasteiger charge is 2.27. The number of benzene rings is 1. The summed E-state index contributed by atoms with van der Waals surface area (Å²) in [5, 5.41) is 6.38. The molecule has 6 heteroatoms. The molecule has 1 fully saturated rings. The lowest BCUT2D eigenvalue weighted by atomic mass is 10.0. The highest BCUT2D eigenvalue weighted by molar-refractivity contribution is 6.00. The number of amides is 1. The van der Waals surface area contributed by atoms with E-state index < -0.39 is 0 Å². The third kappa shape index (κ3) is 2.63. The maximum absolute atomic E-state index is 11.9. The summed E-state index contributed by atoms with van der Waals surface area (Å²) in [5.74, 6) is 1.59. The fraction of sp³-hybridized carbons (Fsp3) is 0.389. The van der Waals surface area contributed by atoms with Gasteiger partial charge in [0.25, 0.3) is 5.91 Å². The van der Waals surface area contributed by atoms with Crippen molar-refractivity contribution >= 4 is 11.7 Å². The number of hydrogen-bond acceptors (Lipinski definition) is 5. The third-order valence-electron chi connectivity index (χ3n) is 4.62. The Morgan fingerprint density at radius 1 is 1.21 bits per heavy atom. The van der Waals surface area contributed by atoms with Crippen LogP contribution in [0.1, 0.15) is 29.8 Å². The largest absolute Gasteiger partial charge is 0.353 e.